The third kappa shape index (κ3) is 3.95. The normalized spacial score (nSPS) is 18.8. The highest BCUT2D eigenvalue weighted by atomic mass is 15.3. The van der Waals surface area contributed by atoms with Crippen molar-refractivity contribution in [3.63, 3.8) is 0 Å². The number of anilines is 1. The molecule has 1 aliphatic rings. The molecule has 1 saturated heterocycles. The summed E-state index contributed by atoms with van der Waals surface area (Å²) in [6, 6.07) is 11.3. The molecule has 1 heterocycles. The summed E-state index contributed by atoms with van der Waals surface area (Å²) in [5, 5.41) is 3.44. The molecular formula is C16H27N3. The molecule has 1 atom stereocenters. The average molecular weight is 261 g/mol. The first-order valence-corrected chi connectivity index (χ1v) is 7.40. The molecule has 0 amide bonds. The standard InChI is InChI=1S/C16H27N3/c1-14(2)16(17-3)13-18-9-11-19(12-10-18)15-7-5-4-6-8-15/h4-8,14,16-17H,9-13H2,1-3H3. The van der Waals surface area contributed by atoms with Crippen molar-refractivity contribution in [2.75, 3.05) is 44.7 Å². The van der Waals surface area contributed by atoms with Gasteiger partial charge in [0.1, 0.15) is 0 Å². The Bertz CT molecular complexity index is 356. The predicted octanol–water partition coefficient (Wildman–Crippen LogP) is 2.05. The monoisotopic (exact) mass is 261 g/mol. The topological polar surface area (TPSA) is 18.5 Å². The molecule has 1 N–H and O–H groups in total. The Morgan fingerprint density at radius 1 is 1.05 bits per heavy atom. The fourth-order valence-electron chi connectivity index (χ4n) is 2.74. The summed E-state index contributed by atoms with van der Waals surface area (Å²) in [5.41, 5.74) is 1.36. The predicted molar refractivity (Wildman–Crippen MR) is 82.8 cm³/mol. The van der Waals surface area contributed by atoms with Gasteiger partial charge in [-0.25, -0.2) is 0 Å². The lowest BCUT2D eigenvalue weighted by Gasteiger charge is -2.38. The lowest BCUT2D eigenvalue weighted by Crippen LogP contribution is -2.51. The van der Waals surface area contributed by atoms with Gasteiger partial charge in [0.15, 0.2) is 0 Å². The highest BCUT2D eigenvalue weighted by molar-refractivity contribution is 5.46. The van der Waals surface area contributed by atoms with Crippen LogP contribution in [-0.4, -0.2) is 50.7 Å². The van der Waals surface area contributed by atoms with Gasteiger partial charge < -0.3 is 10.2 Å². The van der Waals surface area contributed by atoms with Gasteiger partial charge in [-0.1, -0.05) is 32.0 Å². The second-order valence-electron chi connectivity index (χ2n) is 5.76. The summed E-state index contributed by atoms with van der Waals surface area (Å²) in [6.45, 7) is 10.4. The molecule has 19 heavy (non-hydrogen) atoms. The molecule has 106 valence electrons. The Balaban J connectivity index is 1.82. The van der Waals surface area contributed by atoms with E-state index < -0.39 is 0 Å². The molecule has 1 aliphatic heterocycles. The zero-order chi connectivity index (χ0) is 13.7. The summed E-state index contributed by atoms with van der Waals surface area (Å²) in [5.74, 6) is 0.692. The zero-order valence-electron chi connectivity index (χ0n) is 12.5. The van der Waals surface area contributed by atoms with Crippen molar-refractivity contribution in [1.82, 2.24) is 10.2 Å². The number of piperazine rings is 1. The largest absolute Gasteiger partial charge is 0.369 e. The van der Waals surface area contributed by atoms with Gasteiger partial charge in [0.05, 0.1) is 0 Å². The van der Waals surface area contributed by atoms with E-state index in [4.69, 9.17) is 0 Å². The summed E-state index contributed by atoms with van der Waals surface area (Å²) in [4.78, 5) is 5.07. The number of nitrogens with zero attached hydrogens (tertiary/aromatic N) is 2. The molecule has 0 aliphatic carbocycles. The van der Waals surface area contributed by atoms with E-state index in [1.54, 1.807) is 0 Å². The number of benzene rings is 1. The smallest absolute Gasteiger partial charge is 0.0367 e. The van der Waals surface area contributed by atoms with Crippen LogP contribution >= 0.6 is 0 Å². The van der Waals surface area contributed by atoms with Crippen LogP contribution in [0.4, 0.5) is 5.69 Å². The Kier molecular flexibility index (Phi) is 5.23. The lowest BCUT2D eigenvalue weighted by atomic mass is 10.0. The second kappa shape index (κ2) is 6.92. The fraction of sp³-hybridized carbons (Fsp3) is 0.625. The molecule has 1 aromatic rings. The lowest BCUT2D eigenvalue weighted by molar-refractivity contribution is 0.212. The first-order valence-electron chi connectivity index (χ1n) is 7.40. The molecule has 1 aromatic carbocycles. The third-order valence-corrected chi connectivity index (χ3v) is 4.12. The zero-order valence-corrected chi connectivity index (χ0v) is 12.5. The van der Waals surface area contributed by atoms with Gasteiger partial charge in [-0.15, -0.1) is 0 Å². The van der Waals surface area contributed by atoms with Crippen LogP contribution in [0.2, 0.25) is 0 Å². The number of para-hydroxylation sites is 1. The average Bonchev–Trinajstić information content (AvgIpc) is 2.46. The van der Waals surface area contributed by atoms with E-state index in [-0.39, 0.29) is 0 Å². The number of likely N-dealkylation sites (N-methyl/N-ethyl adjacent to an activating group) is 1. The fourth-order valence-corrected chi connectivity index (χ4v) is 2.74. The van der Waals surface area contributed by atoms with Crippen molar-refractivity contribution in [2.45, 2.75) is 19.9 Å². The van der Waals surface area contributed by atoms with Gasteiger partial charge in [0, 0.05) is 44.5 Å². The highest BCUT2D eigenvalue weighted by Gasteiger charge is 2.20. The van der Waals surface area contributed by atoms with Crippen LogP contribution in [0.5, 0.6) is 0 Å². The second-order valence-corrected chi connectivity index (χ2v) is 5.76. The van der Waals surface area contributed by atoms with E-state index in [0.717, 1.165) is 19.6 Å². The Hall–Kier alpha value is -1.06. The van der Waals surface area contributed by atoms with E-state index >= 15 is 0 Å². The van der Waals surface area contributed by atoms with Crippen molar-refractivity contribution < 1.29 is 0 Å². The van der Waals surface area contributed by atoms with E-state index in [1.807, 2.05) is 0 Å². The van der Waals surface area contributed by atoms with Gasteiger partial charge >= 0.3 is 0 Å². The van der Waals surface area contributed by atoms with Gasteiger partial charge in [0.25, 0.3) is 0 Å². The number of hydrogen-bond donors (Lipinski definition) is 1. The molecule has 3 nitrogen and oxygen atoms in total. The van der Waals surface area contributed by atoms with E-state index in [1.165, 1.54) is 18.8 Å². The van der Waals surface area contributed by atoms with E-state index in [0.29, 0.717) is 12.0 Å². The Labute approximate surface area is 117 Å². The van der Waals surface area contributed by atoms with Crippen molar-refractivity contribution >= 4 is 5.69 Å². The third-order valence-electron chi connectivity index (χ3n) is 4.12. The maximum absolute atomic E-state index is 3.44. The van der Waals surface area contributed by atoms with Crippen LogP contribution < -0.4 is 10.2 Å². The van der Waals surface area contributed by atoms with Gasteiger partial charge in [-0.05, 0) is 25.1 Å². The first kappa shape index (κ1) is 14.4. The van der Waals surface area contributed by atoms with Crippen molar-refractivity contribution in [3.8, 4) is 0 Å². The van der Waals surface area contributed by atoms with Crippen molar-refractivity contribution in [2.24, 2.45) is 5.92 Å². The van der Waals surface area contributed by atoms with Crippen LogP contribution in [-0.2, 0) is 0 Å². The van der Waals surface area contributed by atoms with E-state index in [9.17, 15) is 0 Å². The maximum atomic E-state index is 3.44. The molecule has 1 unspecified atom stereocenters. The summed E-state index contributed by atoms with van der Waals surface area (Å²) in [6.07, 6.45) is 0. The Morgan fingerprint density at radius 2 is 1.68 bits per heavy atom. The minimum atomic E-state index is 0.600. The molecule has 0 aromatic heterocycles. The van der Waals surface area contributed by atoms with Crippen molar-refractivity contribution in [3.05, 3.63) is 30.3 Å². The molecule has 3 heteroatoms. The molecule has 0 spiro atoms. The van der Waals surface area contributed by atoms with Crippen LogP contribution in [0.3, 0.4) is 0 Å². The van der Waals surface area contributed by atoms with Gasteiger partial charge in [-0.2, -0.15) is 0 Å². The molecule has 1 fully saturated rings. The SMILES string of the molecule is CNC(CN1CCN(c2ccccc2)CC1)C(C)C. The molecule has 0 radical (unpaired) electrons. The molecule has 2 rings (SSSR count). The quantitative estimate of drug-likeness (QED) is 0.875. The summed E-state index contributed by atoms with van der Waals surface area (Å²) in [7, 11) is 2.07. The van der Waals surface area contributed by atoms with Crippen LogP contribution in [0, 0.1) is 5.92 Å². The minimum absolute atomic E-state index is 0.600. The van der Waals surface area contributed by atoms with Gasteiger partial charge in [-0.3, -0.25) is 4.90 Å². The number of hydrogen-bond acceptors (Lipinski definition) is 3. The van der Waals surface area contributed by atoms with Crippen LogP contribution in [0.25, 0.3) is 0 Å². The number of nitrogens with one attached hydrogen (secondary N) is 1. The van der Waals surface area contributed by atoms with Crippen LogP contribution in [0.15, 0.2) is 30.3 Å². The summed E-state index contributed by atoms with van der Waals surface area (Å²) < 4.78 is 0. The Morgan fingerprint density at radius 3 is 2.21 bits per heavy atom. The molecule has 0 bridgehead atoms. The molecular weight excluding hydrogens is 234 g/mol. The van der Waals surface area contributed by atoms with Crippen LogP contribution in [0.1, 0.15) is 13.8 Å². The van der Waals surface area contributed by atoms with Gasteiger partial charge in [0.2, 0.25) is 0 Å². The number of rotatable bonds is 5. The first-order chi connectivity index (χ1) is 9.20. The van der Waals surface area contributed by atoms with E-state index in [2.05, 4.69) is 66.3 Å². The minimum Gasteiger partial charge on any atom is -0.369 e. The van der Waals surface area contributed by atoms with Crippen molar-refractivity contribution in [1.29, 1.82) is 0 Å². The summed E-state index contributed by atoms with van der Waals surface area (Å²) >= 11 is 0. The molecule has 0 saturated carbocycles. The highest BCUT2D eigenvalue weighted by Crippen LogP contribution is 2.16. The maximum Gasteiger partial charge on any atom is 0.0367 e.